The Hall–Kier alpha value is -3.35. The molecule has 0 aliphatic heterocycles. The van der Waals surface area contributed by atoms with Gasteiger partial charge >= 0.3 is 0 Å². The highest BCUT2D eigenvalue weighted by molar-refractivity contribution is 5.97. The van der Waals surface area contributed by atoms with Crippen molar-refractivity contribution >= 4 is 23.6 Å². The summed E-state index contributed by atoms with van der Waals surface area (Å²) in [4.78, 5) is 25.5. The zero-order valence-corrected chi connectivity index (χ0v) is 16.1. The summed E-state index contributed by atoms with van der Waals surface area (Å²) in [6.45, 7) is 2.24. The van der Waals surface area contributed by atoms with Crippen LogP contribution in [0.3, 0.4) is 0 Å². The van der Waals surface area contributed by atoms with E-state index in [-0.39, 0.29) is 12.5 Å². The van der Waals surface area contributed by atoms with Gasteiger partial charge in [0, 0.05) is 18.8 Å². The smallest absolute Gasteiger partial charge is 0.246 e. The molecule has 0 unspecified atom stereocenters. The van der Waals surface area contributed by atoms with Crippen LogP contribution in [-0.4, -0.2) is 44.0 Å². The number of rotatable bonds is 8. The largest absolute Gasteiger partial charge is 0.493 e. The second-order valence-corrected chi connectivity index (χ2v) is 5.93. The van der Waals surface area contributed by atoms with Crippen molar-refractivity contribution in [1.29, 1.82) is 0 Å². The van der Waals surface area contributed by atoms with Gasteiger partial charge in [-0.25, -0.2) is 4.39 Å². The van der Waals surface area contributed by atoms with Gasteiger partial charge in [0.05, 0.1) is 20.3 Å². The number of nitrogens with zero attached hydrogens (tertiary/aromatic N) is 1. The average Bonchev–Trinajstić information content (AvgIpc) is 2.66. The van der Waals surface area contributed by atoms with Gasteiger partial charge in [-0.1, -0.05) is 12.1 Å². The summed E-state index contributed by atoms with van der Waals surface area (Å²) >= 11 is 0. The molecule has 0 radical (unpaired) electrons. The minimum atomic E-state index is -0.448. The molecule has 0 saturated carbocycles. The molecule has 0 bridgehead atoms. The van der Waals surface area contributed by atoms with Crippen LogP contribution in [0.25, 0.3) is 6.08 Å². The molecule has 0 saturated heterocycles. The number of benzene rings is 2. The quantitative estimate of drug-likeness (QED) is 0.707. The van der Waals surface area contributed by atoms with Gasteiger partial charge < -0.3 is 19.7 Å². The Morgan fingerprint density at radius 1 is 1.18 bits per heavy atom. The molecule has 0 aliphatic carbocycles. The van der Waals surface area contributed by atoms with Crippen LogP contribution in [0.2, 0.25) is 0 Å². The highest BCUT2D eigenvalue weighted by atomic mass is 19.1. The molecule has 0 heterocycles. The van der Waals surface area contributed by atoms with E-state index < -0.39 is 11.7 Å². The van der Waals surface area contributed by atoms with Crippen LogP contribution in [0, 0.1) is 5.82 Å². The van der Waals surface area contributed by atoms with E-state index in [2.05, 4.69) is 5.32 Å². The lowest BCUT2D eigenvalue weighted by Gasteiger charge is -2.15. The van der Waals surface area contributed by atoms with E-state index in [0.29, 0.717) is 23.8 Å². The van der Waals surface area contributed by atoms with Gasteiger partial charge in [0.15, 0.2) is 11.5 Å². The number of anilines is 1. The van der Waals surface area contributed by atoms with Crippen molar-refractivity contribution in [3.05, 3.63) is 59.9 Å². The van der Waals surface area contributed by atoms with Crippen LogP contribution in [0.1, 0.15) is 12.5 Å². The summed E-state index contributed by atoms with van der Waals surface area (Å²) in [5.74, 6) is -0.0188. The van der Waals surface area contributed by atoms with Crippen molar-refractivity contribution in [3.8, 4) is 11.5 Å². The van der Waals surface area contributed by atoms with Crippen LogP contribution in [0.15, 0.2) is 48.5 Å². The fraction of sp³-hybridized carbons (Fsp3) is 0.238. The first-order valence-electron chi connectivity index (χ1n) is 8.72. The molecular weight excluding hydrogens is 363 g/mol. The topological polar surface area (TPSA) is 67.9 Å². The molecule has 148 valence electrons. The van der Waals surface area contributed by atoms with E-state index in [1.54, 1.807) is 37.5 Å². The van der Waals surface area contributed by atoms with E-state index in [1.165, 1.54) is 36.2 Å². The number of nitrogens with one attached hydrogen (secondary N) is 1. The molecule has 2 aromatic carbocycles. The number of carbonyl (C=O) groups excluding carboxylic acids is 2. The van der Waals surface area contributed by atoms with Crippen molar-refractivity contribution in [1.82, 2.24) is 4.90 Å². The Bertz CT molecular complexity index is 867. The second kappa shape index (κ2) is 10.1. The first kappa shape index (κ1) is 21.0. The molecule has 0 spiro atoms. The van der Waals surface area contributed by atoms with Crippen molar-refractivity contribution in [3.63, 3.8) is 0 Å². The average molecular weight is 386 g/mol. The lowest BCUT2D eigenvalue weighted by molar-refractivity contribution is -0.129. The zero-order valence-electron chi connectivity index (χ0n) is 16.1. The summed E-state index contributed by atoms with van der Waals surface area (Å²) in [6, 6.07) is 10.9. The number of carbonyl (C=O) groups is 2. The van der Waals surface area contributed by atoms with Crippen LogP contribution in [0.4, 0.5) is 10.1 Å². The maximum Gasteiger partial charge on any atom is 0.246 e. The predicted molar refractivity (Wildman–Crippen MR) is 106 cm³/mol. The van der Waals surface area contributed by atoms with Gasteiger partial charge in [0.1, 0.15) is 5.82 Å². The van der Waals surface area contributed by atoms with Gasteiger partial charge in [-0.3, -0.25) is 9.59 Å². The van der Waals surface area contributed by atoms with Crippen molar-refractivity contribution in [2.45, 2.75) is 6.92 Å². The second-order valence-electron chi connectivity index (χ2n) is 5.93. The normalized spacial score (nSPS) is 10.6. The van der Waals surface area contributed by atoms with E-state index in [0.717, 1.165) is 5.56 Å². The molecule has 1 N–H and O–H groups in total. The zero-order chi connectivity index (χ0) is 20.5. The minimum absolute atomic E-state index is 0.160. The molecule has 0 atom stereocenters. The monoisotopic (exact) mass is 386 g/mol. The summed E-state index contributed by atoms with van der Waals surface area (Å²) in [6.07, 6.45) is 2.99. The van der Waals surface area contributed by atoms with Crippen LogP contribution in [-0.2, 0) is 9.59 Å². The van der Waals surface area contributed by atoms with Crippen LogP contribution < -0.4 is 14.8 Å². The lowest BCUT2D eigenvalue weighted by atomic mass is 10.2. The van der Waals surface area contributed by atoms with E-state index in [1.807, 2.05) is 6.92 Å². The third-order valence-electron chi connectivity index (χ3n) is 3.77. The SMILES string of the molecule is CCOc1ccc(/C=C/C(=O)N(C)CC(=O)Nc2cccc(F)c2)cc1OC. The van der Waals surface area contributed by atoms with Gasteiger partial charge in [0.2, 0.25) is 11.8 Å². The predicted octanol–water partition coefficient (Wildman–Crippen LogP) is 3.34. The van der Waals surface area contributed by atoms with Crippen molar-refractivity contribution in [2.75, 3.05) is 32.6 Å². The Balaban J connectivity index is 1.95. The van der Waals surface area contributed by atoms with Crippen LogP contribution >= 0.6 is 0 Å². The lowest BCUT2D eigenvalue weighted by Crippen LogP contribution is -2.33. The van der Waals surface area contributed by atoms with Gasteiger partial charge in [0.25, 0.3) is 0 Å². The third kappa shape index (κ3) is 6.12. The van der Waals surface area contributed by atoms with Crippen LogP contribution in [0.5, 0.6) is 11.5 Å². The Labute approximate surface area is 163 Å². The number of likely N-dealkylation sites (N-methyl/N-ethyl adjacent to an activating group) is 1. The molecule has 0 aromatic heterocycles. The minimum Gasteiger partial charge on any atom is -0.493 e. The molecule has 2 amide bonds. The molecular formula is C21H23FN2O4. The first-order chi connectivity index (χ1) is 13.4. The maximum absolute atomic E-state index is 13.2. The molecule has 28 heavy (non-hydrogen) atoms. The third-order valence-corrected chi connectivity index (χ3v) is 3.77. The summed E-state index contributed by atoms with van der Waals surface area (Å²) in [5, 5.41) is 2.55. The Morgan fingerprint density at radius 2 is 1.96 bits per heavy atom. The van der Waals surface area contributed by atoms with Gasteiger partial charge in [-0.15, -0.1) is 0 Å². The Morgan fingerprint density at radius 3 is 2.64 bits per heavy atom. The first-order valence-corrected chi connectivity index (χ1v) is 8.72. The van der Waals surface area contributed by atoms with E-state index in [9.17, 15) is 14.0 Å². The highest BCUT2D eigenvalue weighted by Gasteiger charge is 2.11. The summed E-state index contributed by atoms with van der Waals surface area (Å²) < 4.78 is 23.9. The molecule has 7 heteroatoms. The maximum atomic E-state index is 13.2. The fourth-order valence-electron chi connectivity index (χ4n) is 2.42. The molecule has 6 nitrogen and oxygen atoms in total. The Kier molecular flexibility index (Phi) is 7.56. The van der Waals surface area contributed by atoms with E-state index in [4.69, 9.17) is 9.47 Å². The molecule has 0 fully saturated rings. The fourth-order valence-corrected chi connectivity index (χ4v) is 2.42. The number of hydrogen-bond acceptors (Lipinski definition) is 4. The van der Waals surface area contributed by atoms with E-state index >= 15 is 0 Å². The standard InChI is InChI=1S/C21H23FN2O4/c1-4-28-18-10-8-15(12-19(18)27-3)9-11-21(26)24(2)14-20(25)23-17-7-5-6-16(22)13-17/h5-13H,4,14H2,1-3H3,(H,23,25)/b11-9+. The summed E-state index contributed by atoms with van der Waals surface area (Å²) in [7, 11) is 3.05. The number of methoxy groups -OCH3 is 1. The van der Waals surface area contributed by atoms with Gasteiger partial charge in [-0.2, -0.15) is 0 Å². The summed E-state index contributed by atoms with van der Waals surface area (Å²) in [5.41, 5.74) is 1.09. The number of ether oxygens (including phenoxy) is 2. The number of amides is 2. The molecule has 2 rings (SSSR count). The molecule has 0 aliphatic rings. The molecule has 2 aromatic rings. The number of halogens is 1. The highest BCUT2D eigenvalue weighted by Crippen LogP contribution is 2.28. The van der Waals surface area contributed by atoms with Crippen molar-refractivity contribution < 1.29 is 23.5 Å². The van der Waals surface area contributed by atoms with Crippen molar-refractivity contribution in [2.24, 2.45) is 0 Å². The number of hydrogen-bond donors (Lipinski definition) is 1. The van der Waals surface area contributed by atoms with Gasteiger partial charge in [-0.05, 0) is 48.9 Å².